The Morgan fingerprint density at radius 1 is 1.08 bits per heavy atom. The molecular formula is C28H38N2O6. The summed E-state index contributed by atoms with van der Waals surface area (Å²) < 4.78 is 23.3. The van der Waals surface area contributed by atoms with E-state index in [9.17, 15) is 9.59 Å². The van der Waals surface area contributed by atoms with E-state index in [1.807, 2.05) is 23.1 Å². The van der Waals surface area contributed by atoms with Crippen LogP contribution in [0.4, 0.5) is 0 Å². The highest BCUT2D eigenvalue weighted by Gasteiger charge is 2.52. The Balaban J connectivity index is 1.49. The molecule has 0 N–H and O–H groups in total. The van der Waals surface area contributed by atoms with E-state index < -0.39 is 6.04 Å². The smallest absolute Gasteiger partial charge is 0.290 e. The predicted molar refractivity (Wildman–Crippen MR) is 134 cm³/mol. The van der Waals surface area contributed by atoms with Gasteiger partial charge in [-0.1, -0.05) is 19.9 Å². The summed E-state index contributed by atoms with van der Waals surface area (Å²) in [6.07, 6.45) is 3.33. The number of benzene rings is 1. The number of Topliss-reactive ketones (excluding diaryl/α,β-unsaturated/α-hetero) is 1. The van der Waals surface area contributed by atoms with Gasteiger partial charge in [-0.05, 0) is 49.3 Å². The minimum absolute atomic E-state index is 0.0744. The average molecular weight is 499 g/mol. The van der Waals surface area contributed by atoms with Crippen LogP contribution in [0, 0.1) is 11.8 Å². The van der Waals surface area contributed by atoms with Crippen molar-refractivity contribution in [2.24, 2.45) is 11.8 Å². The summed E-state index contributed by atoms with van der Waals surface area (Å²) in [5, 5.41) is 0. The number of ether oxygens (including phenoxy) is 4. The molecule has 4 aliphatic rings. The number of fused-ring (bicyclic) bond motifs is 1. The lowest BCUT2D eigenvalue weighted by Gasteiger charge is -2.37. The molecule has 4 atom stereocenters. The fourth-order valence-electron chi connectivity index (χ4n) is 5.96. The lowest BCUT2D eigenvalue weighted by Crippen LogP contribution is -2.43. The van der Waals surface area contributed by atoms with Gasteiger partial charge < -0.3 is 23.8 Å². The van der Waals surface area contributed by atoms with Gasteiger partial charge in [0.05, 0.1) is 44.5 Å². The molecule has 2 fully saturated rings. The van der Waals surface area contributed by atoms with Crippen LogP contribution in [0.3, 0.4) is 0 Å². The van der Waals surface area contributed by atoms with E-state index in [1.54, 1.807) is 7.11 Å². The van der Waals surface area contributed by atoms with Crippen LogP contribution in [0.2, 0.25) is 0 Å². The monoisotopic (exact) mass is 498 g/mol. The SMILES string of the molecule is CCCOc1ccc(C2C3=C(OC4CCC(C)CC4C3=O)C(=O)N2CCN2CCOCC2)cc1OC. The Labute approximate surface area is 213 Å². The van der Waals surface area contributed by atoms with Crippen molar-refractivity contribution in [3.8, 4) is 11.5 Å². The zero-order valence-electron chi connectivity index (χ0n) is 21.7. The van der Waals surface area contributed by atoms with Crippen molar-refractivity contribution < 1.29 is 28.5 Å². The quantitative estimate of drug-likeness (QED) is 0.544. The number of carbonyl (C=O) groups excluding carboxylic acids is 2. The van der Waals surface area contributed by atoms with E-state index in [0.29, 0.717) is 49.4 Å². The summed E-state index contributed by atoms with van der Waals surface area (Å²) >= 11 is 0. The van der Waals surface area contributed by atoms with Gasteiger partial charge in [0.2, 0.25) is 0 Å². The lowest BCUT2D eigenvalue weighted by molar-refractivity contribution is -0.136. The van der Waals surface area contributed by atoms with Gasteiger partial charge >= 0.3 is 0 Å². The van der Waals surface area contributed by atoms with Crippen LogP contribution in [0.1, 0.15) is 51.1 Å². The van der Waals surface area contributed by atoms with Crippen LogP contribution < -0.4 is 9.47 Å². The first-order valence-electron chi connectivity index (χ1n) is 13.4. The molecule has 0 bridgehead atoms. The standard InChI is InChI=1S/C28H38N2O6/c1-4-13-35-22-8-6-19(17-23(22)33-3)25-24-26(31)20-16-18(2)5-7-21(20)36-27(24)28(32)30(25)10-9-29-11-14-34-15-12-29/h6,8,17-18,20-21,25H,4-5,7,9-16H2,1-3H3. The molecule has 196 valence electrons. The number of nitrogens with zero attached hydrogens (tertiary/aromatic N) is 2. The van der Waals surface area contributed by atoms with Crippen LogP contribution in [0.15, 0.2) is 29.5 Å². The van der Waals surface area contributed by atoms with Gasteiger partial charge in [0.15, 0.2) is 23.0 Å². The van der Waals surface area contributed by atoms with E-state index in [0.717, 1.165) is 50.9 Å². The highest BCUT2D eigenvalue weighted by atomic mass is 16.5. The number of hydrogen-bond donors (Lipinski definition) is 0. The lowest BCUT2D eigenvalue weighted by atomic mass is 9.74. The van der Waals surface area contributed by atoms with Gasteiger partial charge in [0.25, 0.3) is 5.91 Å². The maximum atomic E-state index is 13.9. The third kappa shape index (κ3) is 4.73. The molecule has 5 rings (SSSR count). The van der Waals surface area contributed by atoms with E-state index >= 15 is 0 Å². The van der Waals surface area contributed by atoms with Crippen molar-refractivity contribution in [2.45, 2.75) is 51.7 Å². The molecular weight excluding hydrogens is 460 g/mol. The summed E-state index contributed by atoms with van der Waals surface area (Å²) in [5.41, 5.74) is 1.36. The Hall–Kier alpha value is -2.58. The van der Waals surface area contributed by atoms with Crippen molar-refractivity contribution in [3.05, 3.63) is 35.1 Å². The average Bonchev–Trinajstić information content (AvgIpc) is 3.18. The molecule has 3 heterocycles. The molecule has 36 heavy (non-hydrogen) atoms. The Morgan fingerprint density at radius 2 is 1.89 bits per heavy atom. The summed E-state index contributed by atoms with van der Waals surface area (Å²) in [7, 11) is 1.61. The molecule has 0 radical (unpaired) electrons. The zero-order valence-corrected chi connectivity index (χ0v) is 21.7. The van der Waals surface area contributed by atoms with Crippen molar-refractivity contribution >= 4 is 11.7 Å². The fourth-order valence-corrected chi connectivity index (χ4v) is 5.96. The van der Waals surface area contributed by atoms with Gasteiger partial charge in [0.1, 0.15) is 6.10 Å². The van der Waals surface area contributed by atoms with Crippen LogP contribution in [-0.2, 0) is 19.1 Å². The van der Waals surface area contributed by atoms with Gasteiger partial charge in [-0.15, -0.1) is 0 Å². The fraction of sp³-hybridized carbons (Fsp3) is 0.643. The number of morpholine rings is 1. The first-order chi connectivity index (χ1) is 17.5. The van der Waals surface area contributed by atoms with Crippen molar-refractivity contribution in [1.82, 2.24) is 9.80 Å². The van der Waals surface area contributed by atoms with E-state index in [1.165, 1.54) is 0 Å². The van der Waals surface area contributed by atoms with Gasteiger partial charge in [0, 0.05) is 26.2 Å². The van der Waals surface area contributed by atoms with Crippen LogP contribution in [0.25, 0.3) is 0 Å². The minimum Gasteiger partial charge on any atom is -0.493 e. The highest BCUT2D eigenvalue weighted by Crippen LogP contribution is 2.48. The molecule has 1 amide bonds. The summed E-state index contributed by atoms with van der Waals surface area (Å²) in [6.45, 7) is 9.15. The topological polar surface area (TPSA) is 77.5 Å². The number of rotatable bonds is 8. The number of methoxy groups -OCH3 is 1. The summed E-state index contributed by atoms with van der Waals surface area (Å²) in [6, 6.07) is 5.25. The highest BCUT2D eigenvalue weighted by molar-refractivity contribution is 6.11. The number of hydrogen-bond acceptors (Lipinski definition) is 7. The number of ketones is 1. The Morgan fingerprint density at radius 3 is 2.64 bits per heavy atom. The van der Waals surface area contributed by atoms with Crippen molar-refractivity contribution in [1.29, 1.82) is 0 Å². The molecule has 8 heteroatoms. The summed E-state index contributed by atoms with van der Waals surface area (Å²) in [4.78, 5) is 31.8. The first kappa shape index (κ1) is 25.1. The largest absolute Gasteiger partial charge is 0.493 e. The van der Waals surface area contributed by atoms with Gasteiger partial charge in [-0.3, -0.25) is 14.5 Å². The molecule has 1 aromatic carbocycles. The second-order valence-corrected chi connectivity index (χ2v) is 10.4. The molecule has 3 aliphatic heterocycles. The van der Waals surface area contributed by atoms with Crippen molar-refractivity contribution in [2.75, 3.05) is 53.1 Å². The van der Waals surface area contributed by atoms with Crippen LogP contribution >= 0.6 is 0 Å². The third-order valence-corrected chi connectivity index (χ3v) is 7.93. The third-order valence-electron chi connectivity index (χ3n) is 7.93. The second kappa shape index (κ2) is 10.8. The normalized spacial score (nSPS) is 28.6. The molecule has 8 nitrogen and oxygen atoms in total. The Bertz CT molecular complexity index is 1020. The van der Waals surface area contributed by atoms with Crippen LogP contribution in [-0.4, -0.2) is 80.7 Å². The first-order valence-corrected chi connectivity index (χ1v) is 13.4. The molecule has 0 spiro atoms. The van der Waals surface area contributed by atoms with Gasteiger partial charge in [-0.25, -0.2) is 0 Å². The van der Waals surface area contributed by atoms with Crippen LogP contribution in [0.5, 0.6) is 11.5 Å². The maximum Gasteiger partial charge on any atom is 0.290 e. The number of amides is 1. The molecule has 0 aromatic heterocycles. The zero-order chi connectivity index (χ0) is 25.2. The molecule has 1 aliphatic carbocycles. The Kier molecular flexibility index (Phi) is 7.53. The van der Waals surface area contributed by atoms with Crippen molar-refractivity contribution in [3.63, 3.8) is 0 Å². The molecule has 1 saturated carbocycles. The minimum atomic E-state index is -0.492. The summed E-state index contributed by atoms with van der Waals surface area (Å²) in [5.74, 6) is 1.70. The maximum absolute atomic E-state index is 13.9. The van der Waals surface area contributed by atoms with Gasteiger partial charge in [-0.2, -0.15) is 0 Å². The molecule has 1 aromatic rings. The molecule has 1 saturated heterocycles. The van der Waals surface area contributed by atoms with E-state index in [4.69, 9.17) is 18.9 Å². The predicted octanol–water partition coefficient (Wildman–Crippen LogP) is 3.36. The molecule has 4 unspecified atom stereocenters. The van der Waals surface area contributed by atoms with E-state index in [-0.39, 0.29) is 29.5 Å². The van der Waals surface area contributed by atoms with E-state index in [2.05, 4.69) is 18.7 Å². The number of carbonyl (C=O) groups is 2. The second-order valence-electron chi connectivity index (χ2n) is 10.4.